The average Bonchev–Trinajstić information content (AvgIpc) is 2.95. The number of piperazine rings is 1. The third kappa shape index (κ3) is 2.08. The smallest absolute Gasteiger partial charge is 0.243 e. The first-order valence-electron chi connectivity index (χ1n) is 7.09. The lowest BCUT2D eigenvalue weighted by atomic mass is 9.93. The molecule has 22 heavy (non-hydrogen) atoms. The van der Waals surface area contributed by atoms with E-state index in [-0.39, 0.29) is 17.0 Å². The summed E-state index contributed by atoms with van der Waals surface area (Å²) in [6, 6.07) is 6.01. The van der Waals surface area contributed by atoms with Gasteiger partial charge < -0.3 is 5.32 Å². The molecule has 8 heteroatoms. The molecule has 6 nitrogen and oxygen atoms in total. The molecular formula is C14H15ClN4O2S. The lowest BCUT2D eigenvalue weighted by Gasteiger charge is -2.44. The highest BCUT2D eigenvalue weighted by atomic mass is 35.5. The number of halogens is 1. The van der Waals surface area contributed by atoms with Gasteiger partial charge in [0.25, 0.3) is 0 Å². The first-order valence-corrected chi connectivity index (χ1v) is 8.91. The molecule has 1 fully saturated rings. The molecule has 0 radical (unpaired) electrons. The summed E-state index contributed by atoms with van der Waals surface area (Å²) in [5.41, 5.74) is 2.00. The molecule has 116 valence electrons. The summed E-state index contributed by atoms with van der Waals surface area (Å²) in [6.45, 7) is 1.23. The van der Waals surface area contributed by atoms with Crippen LogP contribution in [0.4, 0.5) is 0 Å². The number of hydrogen-bond donors (Lipinski definition) is 2. The Morgan fingerprint density at radius 2 is 2.00 bits per heavy atom. The van der Waals surface area contributed by atoms with Gasteiger partial charge in [0.05, 0.1) is 17.1 Å². The van der Waals surface area contributed by atoms with Gasteiger partial charge in [-0.2, -0.15) is 9.40 Å². The van der Waals surface area contributed by atoms with Crippen molar-refractivity contribution in [1.82, 2.24) is 19.8 Å². The molecule has 2 N–H and O–H groups in total. The van der Waals surface area contributed by atoms with Crippen molar-refractivity contribution in [2.45, 2.75) is 23.4 Å². The van der Waals surface area contributed by atoms with Crippen LogP contribution < -0.4 is 5.32 Å². The fourth-order valence-corrected chi connectivity index (χ4v) is 5.24. The number of sulfonamides is 1. The van der Waals surface area contributed by atoms with Gasteiger partial charge in [-0.3, -0.25) is 5.10 Å². The fourth-order valence-electron chi connectivity index (χ4n) is 3.33. The maximum Gasteiger partial charge on any atom is 0.243 e. The van der Waals surface area contributed by atoms with Gasteiger partial charge in [-0.25, -0.2) is 8.42 Å². The second kappa shape index (κ2) is 5.06. The maximum absolute atomic E-state index is 13.1. The van der Waals surface area contributed by atoms with Crippen LogP contribution in [0.2, 0.25) is 5.02 Å². The predicted octanol–water partition coefficient (Wildman–Crippen LogP) is 1.32. The lowest BCUT2D eigenvalue weighted by molar-refractivity contribution is 0.178. The number of rotatable bonds is 2. The van der Waals surface area contributed by atoms with E-state index in [9.17, 15) is 8.42 Å². The third-order valence-corrected chi connectivity index (χ3v) is 6.55. The van der Waals surface area contributed by atoms with Crippen molar-refractivity contribution in [1.29, 1.82) is 0 Å². The van der Waals surface area contributed by atoms with Crippen molar-refractivity contribution in [3.05, 3.63) is 46.7 Å². The molecule has 2 aliphatic rings. The SMILES string of the molecule is O=S(=O)(c1ccc(Cl)cc1)N1C2CNCC1c1cn[nH]c1C2. The minimum absolute atomic E-state index is 0.104. The van der Waals surface area contributed by atoms with Crippen LogP contribution in [-0.2, 0) is 16.4 Å². The fraction of sp³-hybridized carbons (Fsp3) is 0.357. The van der Waals surface area contributed by atoms with Gasteiger partial charge in [0, 0.05) is 41.8 Å². The molecule has 4 rings (SSSR count). The summed E-state index contributed by atoms with van der Waals surface area (Å²) >= 11 is 5.86. The average molecular weight is 339 g/mol. The number of aromatic nitrogens is 2. The van der Waals surface area contributed by atoms with Gasteiger partial charge in [-0.15, -0.1) is 0 Å². The van der Waals surface area contributed by atoms with Gasteiger partial charge in [0.15, 0.2) is 0 Å². The Morgan fingerprint density at radius 3 is 2.77 bits per heavy atom. The van der Waals surface area contributed by atoms with Gasteiger partial charge in [0.1, 0.15) is 0 Å². The van der Waals surface area contributed by atoms with E-state index in [4.69, 9.17) is 11.6 Å². The zero-order valence-corrected chi connectivity index (χ0v) is 13.2. The van der Waals surface area contributed by atoms with E-state index >= 15 is 0 Å². The van der Waals surface area contributed by atoms with E-state index < -0.39 is 10.0 Å². The molecule has 0 saturated carbocycles. The first-order chi connectivity index (χ1) is 10.6. The van der Waals surface area contributed by atoms with Crippen molar-refractivity contribution in [3.8, 4) is 0 Å². The lowest BCUT2D eigenvalue weighted by Crippen LogP contribution is -2.58. The number of aromatic amines is 1. The van der Waals surface area contributed by atoms with Crippen LogP contribution >= 0.6 is 11.6 Å². The molecule has 1 aromatic heterocycles. The monoisotopic (exact) mass is 338 g/mol. The Labute approximate surface area is 133 Å². The Balaban J connectivity index is 1.80. The van der Waals surface area contributed by atoms with Crippen LogP contribution in [0.15, 0.2) is 35.4 Å². The van der Waals surface area contributed by atoms with E-state index in [2.05, 4.69) is 15.5 Å². The van der Waals surface area contributed by atoms with E-state index in [1.807, 2.05) is 0 Å². The van der Waals surface area contributed by atoms with Crippen LogP contribution in [0.5, 0.6) is 0 Å². The largest absolute Gasteiger partial charge is 0.313 e. The van der Waals surface area contributed by atoms with Crippen molar-refractivity contribution >= 4 is 21.6 Å². The number of benzene rings is 1. The molecule has 2 aliphatic heterocycles. The summed E-state index contributed by atoms with van der Waals surface area (Å²) in [4.78, 5) is 0.278. The molecule has 2 bridgehead atoms. The Kier molecular flexibility index (Phi) is 3.26. The second-order valence-corrected chi connectivity index (χ2v) is 7.90. The molecule has 2 aromatic rings. The van der Waals surface area contributed by atoms with Crippen molar-refractivity contribution in [3.63, 3.8) is 0 Å². The molecule has 0 amide bonds. The summed E-state index contributed by atoms with van der Waals surface area (Å²) in [5.74, 6) is 0. The van der Waals surface area contributed by atoms with Gasteiger partial charge >= 0.3 is 0 Å². The number of hydrogen-bond acceptors (Lipinski definition) is 4. The normalized spacial score (nSPS) is 25.0. The van der Waals surface area contributed by atoms with Gasteiger partial charge in [-0.05, 0) is 24.3 Å². The highest BCUT2D eigenvalue weighted by Crippen LogP contribution is 2.38. The van der Waals surface area contributed by atoms with Crippen LogP contribution in [0.1, 0.15) is 17.3 Å². The molecule has 0 spiro atoms. The minimum Gasteiger partial charge on any atom is -0.313 e. The Hall–Kier alpha value is -1.41. The van der Waals surface area contributed by atoms with Gasteiger partial charge in [0.2, 0.25) is 10.0 Å². The predicted molar refractivity (Wildman–Crippen MR) is 82.2 cm³/mol. The molecular weight excluding hydrogens is 324 g/mol. The number of nitrogens with one attached hydrogen (secondary N) is 2. The Morgan fingerprint density at radius 1 is 1.23 bits per heavy atom. The summed E-state index contributed by atoms with van der Waals surface area (Å²) in [5, 5.41) is 10.9. The zero-order valence-electron chi connectivity index (χ0n) is 11.7. The van der Waals surface area contributed by atoms with E-state index in [0.717, 1.165) is 11.3 Å². The molecule has 0 aliphatic carbocycles. The molecule has 2 atom stereocenters. The highest BCUT2D eigenvalue weighted by Gasteiger charge is 2.45. The standard InChI is InChI=1S/C14H15ClN4O2S/c15-9-1-3-11(4-2-9)22(20,21)19-10-5-13-12(7-17-18-13)14(19)8-16-6-10/h1-4,7,10,14,16H,5-6,8H2,(H,17,18). The molecule has 2 unspecified atom stereocenters. The van der Waals surface area contributed by atoms with Crippen LogP contribution in [0, 0.1) is 0 Å². The van der Waals surface area contributed by atoms with E-state index in [1.165, 1.54) is 0 Å². The molecule has 1 aromatic carbocycles. The topological polar surface area (TPSA) is 78.1 Å². The van der Waals surface area contributed by atoms with E-state index in [1.54, 1.807) is 34.8 Å². The summed E-state index contributed by atoms with van der Waals surface area (Å²) < 4.78 is 27.8. The van der Waals surface area contributed by atoms with Crippen molar-refractivity contribution in [2.75, 3.05) is 13.1 Å². The summed E-state index contributed by atoms with van der Waals surface area (Å²) in [6.07, 6.45) is 2.37. The third-order valence-electron chi connectivity index (χ3n) is 4.32. The number of H-pyrrole nitrogens is 1. The van der Waals surface area contributed by atoms with Crippen molar-refractivity contribution < 1.29 is 8.42 Å². The Bertz CT molecular complexity index is 803. The van der Waals surface area contributed by atoms with E-state index in [0.29, 0.717) is 24.5 Å². The number of nitrogens with zero attached hydrogens (tertiary/aromatic N) is 2. The zero-order chi connectivity index (χ0) is 15.3. The highest BCUT2D eigenvalue weighted by molar-refractivity contribution is 7.89. The van der Waals surface area contributed by atoms with Crippen molar-refractivity contribution in [2.24, 2.45) is 0 Å². The quantitative estimate of drug-likeness (QED) is 0.865. The molecule has 3 heterocycles. The van der Waals surface area contributed by atoms with Gasteiger partial charge in [-0.1, -0.05) is 11.6 Å². The first kappa shape index (κ1) is 14.2. The number of fused-ring (bicyclic) bond motifs is 4. The van der Waals surface area contributed by atoms with Crippen LogP contribution in [0.25, 0.3) is 0 Å². The molecule has 1 saturated heterocycles. The van der Waals surface area contributed by atoms with Crippen LogP contribution in [0.3, 0.4) is 0 Å². The van der Waals surface area contributed by atoms with Crippen LogP contribution in [-0.4, -0.2) is 42.1 Å². The second-order valence-electron chi connectivity index (χ2n) is 5.62. The summed E-state index contributed by atoms with van der Waals surface area (Å²) in [7, 11) is -3.57. The minimum atomic E-state index is -3.57. The maximum atomic E-state index is 13.1.